The monoisotopic (exact) mass is 213 g/mol. The van der Waals surface area contributed by atoms with E-state index in [-0.39, 0.29) is 11.1 Å². The summed E-state index contributed by atoms with van der Waals surface area (Å²) in [5.74, 6) is -1.33. The molecule has 2 N–H and O–H groups in total. The van der Waals surface area contributed by atoms with Crippen molar-refractivity contribution in [2.24, 2.45) is 5.73 Å². The van der Waals surface area contributed by atoms with Gasteiger partial charge in [-0.3, -0.25) is 0 Å². The van der Waals surface area contributed by atoms with Gasteiger partial charge in [0.15, 0.2) is 11.6 Å². The Morgan fingerprint density at radius 3 is 2.60 bits per heavy atom. The molecule has 0 radical (unpaired) electrons. The highest BCUT2D eigenvalue weighted by Gasteiger charge is 2.39. The number of methoxy groups -OCH3 is 1. The van der Waals surface area contributed by atoms with E-state index in [1.165, 1.54) is 13.2 Å². The Morgan fingerprint density at radius 1 is 1.40 bits per heavy atom. The van der Waals surface area contributed by atoms with Crippen molar-refractivity contribution >= 4 is 0 Å². The molecule has 0 bridgehead atoms. The van der Waals surface area contributed by atoms with Crippen LogP contribution in [0.5, 0.6) is 5.75 Å². The van der Waals surface area contributed by atoms with Crippen molar-refractivity contribution in [3.05, 3.63) is 29.3 Å². The standard InChI is InChI=1S/C11H13F2NO/c1-15-9-3-2-8(12)10(13)7(9)6-11(14)4-5-11/h2-3H,4-6,14H2,1H3. The predicted molar refractivity (Wildman–Crippen MR) is 52.8 cm³/mol. The molecule has 2 rings (SSSR count). The van der Waals surface area contributed by atoms with E-state index in [1.54, 1.807) is 0 Å². The van der Waals surface area contributed by atoms with E-state index >= 15 is 0 Å². The molecule has 15 heavy (non-hydrogen) atoms. The normalized spacial score (nSPS) is 17.6. The van der Waals surface area contributed by atoms with Crippen LogP contribution in [0.2, 0.25) is 0 Å². The molecule has 0 saturated heterocycles. The first-order valence-corrected chi connectivity index (χ1v) is 4.85. The van der Waals surface area contributed by atoms with Crippen molar-refractivity contribution in [2.75, 3.05) is 7.11 Å². The van der Waals surface area contributed by atoms with Crippen LogP contribution in [-0.4, -0.2) is 12.6 Å². The number of hydrogen-bond donors (Lipinski definition) is 1. The third kappa shape index (κ3) is 1.95. The Hall–Kier alpha value is -1.16. The molecule has 0 aliphatic heterocycles. The third-order valence-electron chi connectivity index (χ3n) is 2.79. The number of rotatable bonds is 3. The van der Waals surface area contributed by atoms with E-state index in [0.717, 1.165) is 18.9 Å². The molecule has 0 amide bonds. The number of benzene rings is 1. The van der Waals surface area contributed by atoms with Crippen LogP contribution in [0.15, 0.2) is 12.1 Å². The van der Waals surface area contributed by atoms with E-state index < -0.39 is 11.6 Å². The minimum absolute atomic E-state index is 0.248. The molecule has 0 atom stereocenters. The number of ether oxygens (including phenoxy) is 1. The largest absolute Gasteiger partial charge is 0.496 e. The summed E-state index contributed by atoms with van der Waals surface area (Å²) in [6.07, 6.45) is 2.04. The molecular weight excluding hydrogens is 200 g/mol. The third-order valence-corrected chi connectivity index (χ3v) is 2.79. The van der Waals surface area contributed by atoms with Gasteiger partial charge in [-0.15, -0.1) is 0 Å². The smallest absolute Gasteiger partial charge is 0.165 e. The van der Waals surface area contributed by atoms with Gasteiger partial charge in [0.1, 0.15) is 5.75 Å². The zero-order valence-electron chi connectivity index (χ0n) is 8.52. The summed E-state index contributed by atoms with van der Waals surface area (Å²) >= 11 is 0. The molecule has 1 aromatic carbocycles. The van der Waals surface area contributed by atoms with E-state index in [1.807, 2.05) is 0 Å². The lowest BCUT2D eigenvalue weighted by molar-refractivity contribution is 0.394. The highest BCUT2D eigenvalue weighted by atomic mass is 19.2. The number of nitrogens with two attached hydrogens (primary N) is 1. The van der Waals surface area contributed by atoms with Crippen molar-refractivity contribution in [1.82, 2.24) is 0 Å². The second kappa shape index (κ2) is 3.45. The lowest BCUT2D eigenvalue weighted by Gasteiger charge is -2.13. The summed E-state index contributed by atoms with van der Waals surface area (Å²) < 4.78 is 31.5. The maximum absolute atomic E-state index is 13.5. The predicted octanol–water partition coefficient (Wildman–Crippen LogP) is 2.01. The van der Waals surface area contributed by atoms with E-state index in [9.17, 15) is 8.78 Å². The van der Waals surface area contributed by atoms with E-state index in [2.05, 4.69) is 0 Å². The molecule has 1 fully saturated rings. The number of halogens is 2. The van der Waals surface area contributed by atoms with Gasteiger partial charge >= 0.3 is 0 Å². The Morgan fingerprint density at radius 2 is 2.07 bits per heavy atom. The minimum atomic E-state index is -0.852. The van der Waals surface area contributed by atoms with Crippen LogP contribution in [0.1, 0.15) is 18.4 Å². The van der Waals surface area contributed by atoms with Gasteiger partial charge in [-0.05, 0) is 31.4 Å². The topological polar surface area (TPSA) is 35.2 Å². The summed E-state index contributed by atoms with van der Waals surface area (Å²) in [5.41, 5.74) is 5.76. The molecule has 0 unspecified atom stereocenters. The molecule has 0 heterocycles. The molecule has 82 valence electrons. The second-order valence-electron chi connectivity index (χ2n) is 4.08. The lowest BCUT2D eigenvalue weighted by Crippen LogP contribution is -2.25. The van der Waals surface area contributed by atoms with Crippen molar-refractivity contribution in [3.63, 3.8) is 0 Å². The molecule has 1 aromatic rings. The van der Waals surface area contributed by atoms with Crippen molar-refractivity contribution in [1.29, 1.82) is 0 Å². The second-order valence-corrected chi connectivity index (χ2v) is 4.08. The van der Waals surface area contributed by atoms with Crippen LogP contribution in [0, 0.1) is 11.6 Å². The maximum atomic E-state index is 13.5. The number of hydrogen-bond acceptors (Lipinski definition) is 2. The Bertz CT molecular complexity index is 388. The van der Waals surface area contributed by atoms with Crippen molar-refractivity contribution in [2.45, 2.75) is 24.8 Å². The molecule has 2 nitrogen and oxygen atoms in total. The van der Waals surface area contributed by atoms with Gasteiger partial charge in [0.25, 0.3) is 0 Å². The summed E-state index contributed by atoms with van der Waals surface area (Å²) in [7, 11) is 1.44. The highest BCUT2D eigenvalue weighted by Crippen LogP contribution is 2.38. The molecule has 1 aliphatic carbocycles. The van der Waals surface area contributed by atoms with Crippen LogP contribution in [0.25, 0.3) is 0 Å². The van der Waals surface area contributed by atoms with E-state index in [0.29, 0.717) is 12.2 Å². The quantitative estimate of drug-likeness (QED) is 0.833. The van der Waals surface area contributed by atoms with Crippen LogP contribution < -0.4 is 10.5 Å². The Kier molecular flexibility index (Phi) is 2.38. The summed E-state index contributed by atoms with van der Waals surface area (Å²) in [5, 5.41) is 0. The first kappa shape index (κ1) is 10.4. The van der Waals surface area contributed by atoms with Gasteiger partial charge < -0.3 is 10.5 Å². The first-order valence-electron chi connectivity index (χ1n) is 4.85. The van der Waals surface area contributed by atoms with Crippen molar-refractivity contribution in [3.8, 4) is 5.75 Å². The van der Waals surface area contributed by atoms with Gasteiger partial charge in [0.05, 0.1) is 7.11 Å². The fourth-order valence-electron chi connectivity index (χ4n) is 1.62. The first-order chi connectivity index (χ1) is 7.06. The summed E-state index contributed by atoms with van der Waals surface area (Å²) in [4.78, 5) is 0. The van der Waals surface area contributed by atoms with Crippen LogP contribution in [0.4, 0.5) is 8.78 Å². The highest BCUT2D eigenvalue weighted by molar-refractivity contribution is 5.37. The van der Waals surface area contributed by atoms with Gasteiger partial charge in [0.2, 0.25) is 0 Å². The fraction of sp³-hybridized carbons (Fsp3) is 0.455. The summed E-state index contributed by atoms with van der Waals surface area (Å²) in [6.45, 7) is 0. The Balaban J connectivity index is 2.37. The van der Waals surface area contributed by atoms with Gasteiger partial charge in [0, 0.05) is 11.1 Å². The molecule has 0 aromatic heterocycles. The molecule has 1 saturated carbocycles. The molecular formula is C11H13F2NO. The maximum Gasteiger partial charge on any atom is 0.165 e. The van der Waals surface area contributed by atoms with E-state index in [4.69, 9.17) is 10.5 Å². The van der Waals surface area contributed by atoms with Crippen molar-refractivity contribution < 1.29 is 13.5 Å². The average Bonchev–Trinajstić information content (AvgIpc) is 2.92. The SMILES string of the molecule is COc1ccc(F)c(F)c1CC1(N)CC1. The molecule has 1 aliphatic rings. The van der Waals surface area contributed by atoms with Crippen LogP contribution in [0.3, 0.4) is 0 Å². The summed E-state index contributed by atoms with van der Waals surface area (Å²) in [6, 6.07) is 2.49. The Labute approximate surface area is 87.0 Å². The molecule has 0 spiro atoms. The minimum Gasteiger partial charge on any atom is -0.496 e. The van der Waals surface area contributed by atoms with Gasteiger partial charge in [-0.1, -0.05) is 0 Å². The zero-order chi connectivity index (χ0) is 11.1. The van der Waals surface area contributed by atoms with Gasteiger partial charge in [-0.25, -0.2) is 8.78 Å². The van der Waals surface area contributed by atoms with Crippen LogP contribution >= 0.6 is 0 Å². The van der Waals surface area contributed by atoms with Gasteiger partial charge in [-0.2, -0.15) is 0 Å². The fourth-order valence-corrected chi connectivity index (χ4v) is 1.62. The van der Waals surface area contributed by atoms with Crippen LogP contribution in [-0.2, 0) is 6.42 Å². The molecule has 4 heteroatoms. The zero-order valence-corrected chi connectivity index (χ0v) is 8.52. The lowest BCUT2D eigenvalue weighted by atomic mass is 10.0. The average molecular weight is 213 g/mol.